The molecule has 1 rings (SSSR count). The molecule has 2 heteroatoms. The van der Waals surface area contributed by atoms with E-state index in [1.54, 1.807) is 0 Å². The molecule has 15 heavy (non-hydrogen) atoms. The molecule has 0 saturated heterocycles. The van der Waals surface area contributed by atoms with E-state index in [0.29, 0.717) is 5.41 Å². The van der Waals surface area contributed by atoms with E-state index in [-0.39, 0.29) is 0 Å². The van der Waals surface area contributed by atoms with E-state index in [1.807, 2.05) is 7.05 Å². The molecule has 1 aliphatic carbocycles. The average Bonchev–Trinajstić information content (AvgIpc) is 2.73. The van der Waals surface area contributed by atoms with Gasteiger partial charge in [-0.1, -0.05) is 19.8 Å². The van der Waals surface area contributed by atoms with E-state index in [9.17, 15) is 0 Å². The fourth-order valence-electron chi connectivity index (χ4n) is 2.69. The van der Waals surface area contributed by atoms with Gasteiger partial charge >= 0.3 is 0 Å². The van der Waals surface area contributed by atoms with Crippen molar-refractivity contribution in [3.63, 3.8) is 0 Å². The van der Waals surface area contributed by atoms with Crippen molar-refractivity contribution in [2.75, 3.05) is 26.7 Å². The third kappa shape index (κ3) is 4.52. The molecular weight excluding hydrogens is 184 g/mol. The Hall–Kier alpha value is -0.0800. The highest BCUT2D eigenvalue weighted by molar-refractivity contribution is 4.85. The predicted octanol–water partition coefficient (Wildman–Crippen LogP) is 2.55. The minimum Gasteiger partial charge on any atom is -0.320 e. The van der Waals surface area contributed by atoms with Crippen molar-refractivity contribution < 1.29 is 0 Å². The Morgan fingerprint density at radius 1 is 1.07 bits per heavy atom. The second-order valence-corrected chi connectivity index (χ2v) is 5.05. The molecule has 1 saturated carbocycles. The molecule has 2 N–H and O–H groups in total. The lowest BCUT2D eigenvalue weighted by Gasteiger charge is -2.27. The maximum atomic E-state index is 3.65. The Kier molecular flexibility index (Phi) is 6.26. The van der Waals surface area contributed by atoms with Gasteiger partial charge in [0, 0.05) is 6.54 Å². The molecule has 90 valence electrons. The van der Waals surface area contributed by atoms with Crippen LogP contribution in [0.1, 0.15) is 51.9 Å². The van der Waals surface area contributed by atoms with Crippen LogP contribution in [0, 0.1) is 5.41 Å². The van der Waals surface area contributed by atoms with E-state index in [2.05, 4.69) is 17.6 Å². The first-order valence-corrected chi connectivity index (χ1v) is 6.68. The Balaban J connectivity index is 2.02. The van der Waals surface area contributed by atoms with Crippen LogP contribution in [-0.4, -0.2) is 26.7 Å². The van der Waals surface area contributed by atoms with Crippen LogP contribution in [0.5, 0.6) is 0 Å². The number of hydrogen-bond donors (Lipinski definition) is 2. The average molecular weight is 212 g/mol. The minimum absolute atomic E-state index is 0.656. The molecule has 0 aromatic rings. The van der Waals surface area contributed by atoms with E-state index in [4.69, 9.17) is 0 Å². The fourth-order valence-corrected chi connectivity index (χ4v) is 2.69. The fraction of sp³-hybridized carbons (Fsp3) is 1.00. The standard InChI is InChI=1S/C13H28N2/c1-3-13(8-4-5-9-13)12-15-11-7-6-10-14-2/h14-15H,3-12H2,1-2H3. The van der Waals surface area contributed by atoms with E-state index in [0.717, 1.165) is 6.54 Å². The summed E-state index contributed by atoms with van der Waals surface area (Å²) in [6.07, 6.45) is 9.77. The van der Waals surface area contributed by atoms with Gasteiger partial charge in [-0.25, -0.2) is 0 Å². The largest absolute Gasteiger partial charge is 0.320 e. The van der Waals surface area contributed by atoms with Crippen LogP contribution in [0.25, 0.3) is 0 Å². The van der Waals surface area contributed by atoms with Crippen LogP contribution < -0.4 is 10.6 Å². The van der Waals surface area contributed by atoms with Gasteiger partial charge in [0.2, 0.25) is 0 Å². The maximum absolute atomic E-state index is 3.65. The summed E-state index contributed by atoms with van der Waals surface area (Å²) in [4.78, 5) is 0. The first-order chi connectivity index (χ1) is 7.33. The normalized spacial score (nSPS) is 19.6. The van der Waals surface area contributed by atoms with Crippen molar-refractivity contribution in [1.29, 1.82) is 0 Å². The summed E-state index contributed by atoms with van der Waals surface area (Å²) in [7, 11) is 2.03. The van der Waals surface area contributed by atoms with Crippen LogP contribution in [0.3, 0.4) is 0 Å². The van der Waals surface area contributed by atoms with Crippen molar-refractivity contribution in [1.82, 2.24) is 10.6 Å². The highest BCUT2D eigenvalue weighted by atomic mass is 14.9. The summed E-state index contributed by atoms with van der Waals surface area (Å²) >= 11 is 0. The Bertz CT molecular complexity index is 151. The zero-order chi connectivity index (χ0) is 11.0. The van der Waals surface area contributed by atoms with Crippen molar-refractivity contribution in [2.45, 2.75) is 51.9 Å². The highest BCUT2D eigenvalue weighted by Crippen LogP contribution is 2.40. The lowest BCUT2D eigenvalue weighted by atomic mass is 9.83. The van der Waals surface area contributed by atoms with Crippen LogP contribution in [-0.2, 0) is 0 Å². The molecule has 0 aromatic carbocycles. The monoisotopic (exact) mass is 212 g/mol. The Morgan fingerprint density at radius 2 is 1.73 bits per heavy atom. The van der Waals surface area contributed by atoms with E-state index >= 15 is 0 Å². The highest BCUT2D eigenvalue weighted by Gasteiger charge is 2.31. The van der Waals surface area contributed by atoms with Gasteiger partial charge in [-0.15, -0.1) is 0 Å². The van der Waals surface area contributed by atoms with Crippen molar-refractivity contribution in [3.8, 4) is 0 Å². The summed E-state index contributed by atoms with van der Waals surface area (Å²) in [5.41, 5.74) is 0.656. The van der Waals surface area contributed by atoms with Gasteiger partial charge in [0.15, 0.2) is 0 Å². The van der Waals surface area contributed by atoms with Gasteiger partial charge in [0.1, 0.15) is 0 Å². The second kappa shape index (κ2) is 7.24. The smallest absolute Gasteiger partial charge is 0.000770 e. The van der Waals surface area contributed by atoms with E-state index in [1.165, 1.54) is 58.0 Å². The summed E-state index contributed by atoms with van der Waals surface area (Å²) < 4.78 is 0. The first-order valence-electron chi connectivity index (χ1n) is 6.68. The molecule has 0 aliphatic heterocycles. The lowest BCUT2D eigenvalue weighted by Crippen LogP contribution is -2.32. The van der Waals surface area contributed by atoms with Gasteiger partial charge in [-0.2, -0.15) is 0 Å². The third-order valence-corrected chi connectivity index (χ3v) is 3.94. The van der Waals surface area contributed by atoms with Gasteiger partial charge in [-0.3, -0.25) is 0 Å². The lowest BCUT2D eigenvalue weighted by molar-refractivity contribution is 0.268. The summed E-state index contributed by atoms with van der Waals surface area (Å²) in [6.45, 7) is 5.96. The SMILES string of the molecule is CCC1(CNCCCCNC)CCCC1. The number of unbranched alkanes of at least 4 members (excludes halogenated alkanes) is 1. The summed E-state index contributed by atoms with van der Waals surface area (Å²) in [5, 5.41) is 6.84. The quantitative estimate of drug-likeness (QED) is 0.604. The zero-order valence-electron chi connectivity index (χ0n) is 10.6. The molecule has 0 aromatic heterocycles. The van der Waals surface area contributed by atoms with Gasteiger partial charge < -0.3 is 10.6 Å². The molecule has 2 nitrogen and oxygen atoms in total. The molecule has 0 heterocycles. The molecule has 0 atom stereocenters. The number of hydrogen-bond acceptors (Lipinski definition) is 2. The zero-order valence-corrected chi connectivity index (χ0v) is 10.6. The van der Waals surface area contributed by atoms with Crippen LogP contribution >= 0.6 is 0 Å². The molecule has 1 fully saturated rings. The molecule has 0 amide bonds. The van der Waals surface area contributed by atoms with Gasteiger partial charge in [0.05, 0.1) is 0 Å². The summed E-state index contributed by atoms with van der Waals surface area (Å²) in [5.74, 6) is 0. The second-order valence-electron chi connectivity index (χ2n) is 5.05. The van der Waals surface area contributed by atoms with Crippen molar-refractivity contribution >= 4 is 0 Å². The molecule has 0 bridgehead atoms. The molecule has 1 aliphatic rings. The number of nitrogens with one attached hydrogen (secondary N) is 2. The Morgan fingerprint density at radius 3 is 2.33 bits per heavy atom. The first kappa shape index (κ1) is 13.0. The van der Waals surface area contributed by atoms with Crippen LogP contribution in [0.2, 0.25) is 0 Å². The predicted molar refractivity (Wildman–Crippen MR) is 67.2 cm³/mol. The molecular formula is C13H28N2. The third-order valence-electron chi connectivity index (χ3n) is 3.94. The summed E-state index contributed by atoms with van der Waals surface area (Å²) in [6, 6.07) is 0. The van der Waals surface area contributed by atoms with Gasteiger partial charge in [-0.05, 0) is 57.7 Å². The maximum Gasteiger partial charge on any atom is 0.000770 e. The van der Waals surface area contributed by atoms with Crippen LogP contribution in [0.4, 0.5) is 0 Å². The Labute approximate surface area is 95.2 Å². The number of rotatable bonds is 8. The van der Waals surface area contributed by atoms with Crippen molar-refractivity contribution in [2.24, 2.45) is 5.41 Å². The van der Waals surface area contributed by atoms with E-state index < -0.39 is 0 Å². The van der Waals surface area contributed by atoms with Gasteiger partial charge in [0.25, 0.3) is 0 Å². The molecule has 0 unspecified atom stereocenters. The van der Waals surface area contributed by atoms with Crippen LogP contribution in [0.15, 0.2) is 0 Å². The molecule has 0 radical (unpaired) electrons. The minimum atomic E-state index is 0.656. The van der Waals surface area contributed by atoms with Crippen molar-refractivity contribution in [3.05, 3.63) is 0 Å². The molecule has 0 spiro atoms. The topological polar surface area (TPSA) is 24.1 Å².